The summed E-state index contributed by atoms with van der Waals surface area (Å²) in [4.78, 5) is 14.6. The van der Waals surface area contributed by atoms with Crippen molar-refractivity contribution in [3.8, 4) is 0 Å². The average Bonchev–Trinajstić information content (AvgIpc) is 2.73. The number of carbonyl (C=O) groups excluding carboxylic acids is 1. The lowest BCUT2D eigenvalue weighted by Crippen LogP contribution is -2.49. The normalized spacial score (nSPS) is 23.0. The molecule has 0 aliphatic carbocycles. The molecule has 5 heteroatoms. The summed E-state index contributed by atoms with van der Waals surface area (Å²) in [6.07, 6.45) is 0.279. The summed E-state index contributed by atoms with van der Waals surface area (Å²) in [5.41, 5.74) is 1.97. The molecule has 1 aliphatic rings. The van der Waals surface area contributed by atoms with E-state index in [2.05, 4.69) is 0 Å². The van der Waals surface area contributed by atoms with Crippen LogP contribution in [0.25, 0.3) is 0 Å². The fourth-order valence-electron chi connectivity index (χ4n) is 3.46. The van der Waals surface area contributed by atoms with Crippen LogP contribution in [0.1, 0.15) is 37.8 Å². The zero-order valence-corrected chi connectivity index (χ0v) is 16.5. The smallest absolute Gasteiger partial charge is 0.410 e. The molecule has 0 aromatic heterocycles. The largest absolute Gasteiger partial charge is 0.445 e. The Kier molecular flexibility index (Phi) is 7.06. The average molecular weight is 383 g/mol. The second kappa shape index (κ2) is 9.71. The first-order valence-corrected chi connectivity index (χ1v) is 9.89. The number of aliphatic hydroxyl groups is 1. The number of nitrogens with zero attached hydrogens (tertiary/aromatic N) is 1. The van der Waals surface area contributed by atoms with Crippen molar-refractivity contribution in [2.75, 3.05) is 0 Å². The zero-order chi connectivity index (χ0) is 19.9. The maximum Gasteiger partial charge on any atom is 0.410 e. The zero-order valence-electron chi connectivity index (χ0n) is 16.5. The van der Waals surface area contributed by atoms with Crippen LogP contribution >= 0.6 is 0 Å². The van der Waals surface area contributed by atoms with E-state index < -0.39 is 6.29 Å². The number of hydrogen-bond acceptors (Lipinski definition) is 4. The highest BCUT2D eigenvalue weighted by Gasteiger charge is 2.35. The topological polar surface area (TPSA) is 59.0 Å². The molecule has 28 heavy (non-hydrogen) atoms. The molecule has 1 N–H and O–H groups in total. The lowest BCUT2D eigenvalue weighted by molar-refractivity contribution is -0.202. The number of hydrogen-bond donors (Lipinski definition) is 1. The summed E-state index contributed by atoms with van der Waals surface area (Å²) in [7, 11) is 0. The summed E-state index contributed by atoms with van der Waals surface area (Å²) >= 11 is 0. The van der Waals surface area contributed by atoms with E-state index in [9.17, 15) is 9.90 Å². The van der Waals surface area contributed by atoms with Gasteiger partial charge in [-0.15, -0.1) is 0 Å². The van der Waals surface area contributed by atoms with Crippen molar-refractivity contribution >= 4 is 6.09 Å². The Balaban J connectivity index is 1.71. The van der Waals surface area contributed by atoms with Crippen LogP contribution in [-0.2, 0) is 22.6 Å². The second-order valence-corrected chi connectivity index (χ2v) is 7.51. The van der Waals surface area contributed by atoms with Gasteiger partial charge < -0.3 is 14.6 Å². The van der Waals surface area contributed by atoms with E-state index >= 15 is 0 Å². The summed E-state index contributed by atoms with van der Waals surface area (Å²) in [5.74, 6) is 0.107. The van der Waals surface area contributed by atoms with E-state index in [1.807, 2.05) is 74.5 Å². The first kappa shape index (κ1) is 20.4. The predicted molar refractivity (Wildman–Crippen MR) is 107 cm³/mol. The summed E-state index contributed by atoms with van der Waals surface area (Å²) < 4.78 is 11.4. The molecule has 3 rings (SSSR count). The molecule has 5 nitrogen and oxygen atoms in total. The number of benzene rings is 2. The molecule has 1 fully saturated rings. The van der Waals surface area contributed by atoms with Crippen molar-refractivity contribution in [1.82, 2.24) is 4.90 Å². The van der Waals surface area contributed by atoms with Crippen LogP contribution in [0.15, 0.2) is 60.7 Å². The molecule has 2 aromatic rings. The van der Waals surface area contributed by atoms with Gasteiger partial charge in [-0.25, -0.2) is 4.79 Å². The van der Waals surface area contributed by atoms with E-state index in [0.717, 1.165) is 24.0 Å². The number of amides is 1. The van der Waals surface area contributed by atoms with Gasteiger partial charge in [0, 0.05) is 12.5 Å². The van der Waals surface area contributed by atoms with E-state index in [1.54, 1.807) is 4.90 Å². The van der Waals surface area contributed by atoms with Gasteiger partial charge in [-0.1, -0.05) is 67.6 Å². The molecular weight excluding hydrogens is 354 g/mol. The van der Waals surface area contributed by atoms with Gasteiger partial charge in [-0.05, 0) is 30.9 Å². The lowest BCUT2D eigenvalue weighted by Gasteiger charge is -2.39. The standard InChI is InChI=1S/C23H29NO4/c1-17-13-14-21(28-22(17)25)18(2)24(15-19-9-5-3-6-10-19)23(26)27-16-20-11-7-4-8-12-20/h3-12,17-18,21-22,25H,13-16H2,1-2H3. The number of aliphatic hydroxyl groups excluding tert-OH is 1. The molecule has 1 saturated heterocycles. The Labute approximate surface area is 166 Å². The van der Waals surface area contributed by atoms with Crippen LogP contribution in [0.5, 0.6) is 0 Å². The van der Waals surface area contributed by atoms with E-state index in [1.165, 1.54) is 0 Å². The summed E-state index contributed by atoms with van der Waals surface area (Å²) in [6, 6.07) is 19.3. The van der Waals surface area contributed by atoms with Gasteiger partial charge in [0.25, 0.3) is 0 Å². The van der Waals surface area contributed by atoms with Crippen molar-refractivity contribution in [3.63, 3.8) is 0 Å². The summed E-state index contributed by atoms with van der Waals surface area (Å²) in [6.45, 7) is 4.59. The van der Waals surface area contributed by atoms with Gasteiger partial charge >= 0.3 is 6.09 Å². The minimum Gasteiger partial charge on any atom is -0.445 e. The fraction of sp³-hybridized carbons (Fsp3) is 0.435. The van der Waals surface area contributed by atoms with Gasteiger partial charge in [-0.2, -0.15) is 0 Å². The predicted octanol–water partition coefficient (Wildman–Crippen LogP) is 4.35. The first-order valence-electron chi connectivity index (χ1n) is 9.89. The third-order valence-corrected chi connectivity index (χ3v) is 5.37. The third-order valence-electron chi connectivity index (χ3n) is 5.37. The Morgan fingerprint density at radius 2 is 1.71 bits per heavy atom. The summed E-state index contributed by atoms with van der Waals surface area (Å²) in [5, 5.41) is 10.1. The highest BCUT2D eigenvalue weighted by Crippen LogP contribution is 2.28. The molecule has 1 aliphatic heterocycles. The van der Waals surface area contributed by atoms with Crippen molar-refractivity contribution in [2.24, 2.45) is 5.92 Å². The van der Waals surface area contributed by atoms with Gasteiger partial charge in [-0.3, -0.25) is 4.90 Å². The molecule has 0 bridgehead atoms. The van der Waals surface area contributed by atoms with Crippen LogP contribution < -0.4 is 0 Å². The molecule has 1 heterocycles. The molecule has 0 spiro atoms. The van der Waals surface area contributed by atoms with Crippen LogP contribution in [0.4, 0.5) is 4.79 Å². The Morgan fingerprint density at radius 1 is 1.11 bits per heavy atom. The molecule has 0 saturated carbocycles. The Morgan fingerprint density at radius 3 is 2.32 bits per heavy atom. The molecule has 0 radical (unpaired) electrons. The van der Waals surface area contributed by atoms with Crippen molar-refractivity contribution in [1.29, 1.82) is 0 Å². The first-order chi connectivity index (χ1) is 13.5. The maximum absolute atomic E-state index is 12.9. The van der Waals surface area contributed by atoms with Gasteiger partial charge in [0.2, 0.25) is 0 Å². The van der Waals surface area contributed by atoms with Crippen LogP contribution in [0, 0.1) is 5.92 Å². The molecule has 1 amide bonds. The SMILES string of the molecule is CC1CCC(C(C)N(Cc2ccccc2)C(=O)OCc2ccccc2)OC1O. The van der Waals surface area contributed by atoms with E-state index in [4.69, 9.17) is 9.47 Å². The van der Waals surface area contributed by atoms with Crippen molar-refractivity contribution in [2.45, 2.75) is 58.3 Å². The molecule has 4 unspecified atom stereocenters. The van der Waals surface area contributed by atoms with Crippen LogP contribution in [0.2, 0.25) is 0 Å². The van der Waals surface area contributed by atoms with Crippen molar-refractivity contribution < 1.29 is 19.4 Å². The van der Waals surface area contributed by atoms with Gasteiger partial charge in [0.15, 0.2) is 6.29 Å². The number of ether oxygens (including phenoxy) is 2. The number of carbonyl (C=O) groups is 1. The quantitative estimate of drug-likeness (QED) is 0.806. The maximum atomic E-state index is 12.9. The Hall–Kier alpha value is -2.37. The second-order valence-electron chi connectivity index (χ2n) is 7.51. The highest BCUT2D eigenvalue weighted by atomic mass is 16.6. The minimum absolute atomic E-state index is 0.107. The van der Waals surface area contributed by atoms with Gasteiger partial charge in [0.1, 0.15) is 6.61 Å². The highest BCUT2D eigenvalue weighted by molar-refractivity contribution is 5.68. The van der Waals surface area contributed by atoms with E-state index in [-0.39, 0.29) is 30.8 Å². The molecule has 150 valence electrons. The van der Waals surface area contributed by atoms with E-state index in [0.29, 0.717) is 6.54 Å². The molecule has 4 atom stereocenters. The third kappa shape index (κ3) is 5.33. The number of rotatable bonds is 6. The fourth-order valence-corrected chi connectivity index (χ4v) is 3.46. The molecule has 2 aromatic carbocycles. The van der Waals surface area contributed by atoms with Crippen LogP contribution in [0.3, 0.4) is 0 Å². The van der Waals surface area contributed by atoms with Gasteiger partial charge in [0.05, 0.1) is 12.1 Å². The van der Waals surface area contributed by atoms with Crippen molar-refractivity contribution in [3.05, 3.63) is 71.8 Å². The lowest BCUT2D eigenvalue weighted by atomic mass is 9.95. The molecular formula is C23H29NO4. The Bertz CT molecular complexity index is 737. The van der Waals surface area contributed by atoms with Crippen LogP contribution in [-0.4, -0.2) is 34.5 Å². The monoisotopic (exact) mass is 383 g/mol. The minimum atomic E-state index is -0.792.